The Morgan fingerprint density at radius 1 is 1.19 bits per heavy atom. The smallest absolute Gasteiger partial charge is 0.225 e. The maximum atomic E-state index is 12.2. The normalized spacial score (nSPS) is 19.6. The van der Waals surface area contributed by atoms with Crippen LogP contribution in [-0.4, -0.2) is 29.8 Å². The first-order valence-corrected chi connectivity index (χ1v) is 8.57. The fourth-order valence-electron chi connectivity index (χ4n) is 2.85. The Bertz CT molecular complexity index is 528. The van der Waals surface area contributed by atoms with Gasteiger partial charge in [-0.25, -0.2) is 0 Å². The fourth-order valence-corrected chi connectivity index (χ4v) is 3.68. The summed E-state index contributed by atoms with van der Waals surface area (Å²) in [6.07, 6.45) is 3.71. The number of aryl methyl sites for hydroxylation is 1. The number of thiophene rings is 1. The van der Waals surface area contributed by atoms with Gasteiger partial charge in [0.1, 0.15) is 0 Å². The van der Waals surface area contributed by atoms with Crippen molar-refractivity contribution in [2.45, 2.75) is 39.2 Å². The lowest BCUT2D eigenvalue weighted by Gasteiger charge is -2.31. The topological polar surface area (TPSA) is 49.4 Å². The summed E-state index contributed by atoms with van der Waals surface area (Å²) in [6, 6.07) is 4.14. The number of hydrogen-bond acceptors (Lipinski definition) is 3. The molecule has 0 atom stereocenters. The number of carbonyl (C=O) groups excluding carboxylic acids is 2. The van der Waals surface area contributed by atoms with E-state index in [0.717, 1.165) is 38.8 Å². The Morgan fingerprint density at radius 2 is 1.90 bits per heavy atom. The van der Waals surface area contributed by atoms with Crippen LogP contribution in [0.2, 0.25) is 0 Å². The molecule has 2 aliphatic rings. The molecule has 1 aliphatic carbocycles. The molecule has 0 spiro atoms. The number of nitrogens with zero attached hydrogens (tertiary/aromatic N) is 1. The Kier molecular flexibility index (Phi) is 4.29. The van der Waals surface area contributed by atoms with Crippen molar-refractivity contribution < 1.29 is 9.59 Å². The van der Waals surface area contributed by atoms with Gasteiger partial charge in [-0.3, -0.25) is 9.59 Å². The number of hydrogen-bond donors (Lipinski definition) is 1. The Hall–Kier alpha value is -1.36. The highest BCUT2D eigenvalue weighted by molar-refractivity contribution is 7.11. The van der Waals surface area contributed by atoms with E-state index in [0.29, 0.717) is 12.5 Å². The number of nitrogens with one attached hydrogen (secondary N) is 1. The van der Waals surface area contributed by atoms with Gasteiger partial charge >= 0.3 is 0 Å². The van der Waals surface area contributed by atoms with Gasteiger partial charge in [-0.05, 0) is 44.7 Å². The fraction of sp³-hybridized carbons (Fsp3) is 0.625. The number of likely N-dealkylation sites (tertiary alicyclic amines) is 1. The minimum absolute atomic E-state index is 0.0642. The monoisotopic (exact) mass is 306 g/mol. The van der Waals surface area contributed by atoms with Gasteiger partial charge in [0.05, 0.1) is 6.54 Å². The predicted molar refractivity (Wildman–Crippen MR) is 82.9 cm³/mol. The summed E-state index contributed by atoms with van der Waals surface area (Å²) in [5, 5.41) is 3.03. The van der Waals surface area contributed by atoms with Gasteiger partial charge in [0, 0.05) is 34.7 Å². The third-order valence-corrected chi connectivity index (χ3v) is 5.34. The van der Waals surface area contributed by atoms with E-state index >= 15 is 0 Å². The Labute approximate surface area is 129 Å². The molecule has 3 rings (SSSR count). The van der Waals surface area contributed by atoms with Crippen molar-refractivity contribution in [3.05, 3.63) is 21.9 Å². The second kappa shape index (κ2) is 6.18. The van der Waals surface area contributed by atoms with Crippen molar-refractivity contribution in [2.24, 2.45) is 11.8 Å². The average molecular weight is 306 g/mol. The molecule has 1 aliphatic heterocycles. The zero-order valence-corrected chi connectivity index (χ0v) is 13.2. The van der Waals surface area contributed by atoms with E-state index < -0.39 is 0 Å². The highest BCUT2D eigenvalue weighted by Gasteiger charge is 2.35. The zero-order valence-electron chi connectivity index (χ0n) is 12.4. The molecule has 21 heavy (non-hydrogen) atoms. The number of piperidine rings is 1. The third-order valence-electron chi connectivity index (χ3n) is 4.34. The minimum Gasteiger partial charge on any atom is -0.351 e. The van der Waals surface area contributed by atoms with E-state index in [9.17, 15) is 9.59 Å². The van der Waals surface area contributed by atoms with Gasteiger partial charge < -0.3 is 10.2 Å². The predicted octanol–water partition coefficient (Wildman–Crippen LogP) is 2.32. The molecule has 0 aromatic carbocycles. The molecule has 0 unspecified atom stereocenters. The molecule has 1 saturated heterocycles. The highest BCUT2D eigenvalue weighted by Crippen LogP contribution is 2.32. The summed E-state index contributed by atoms with van der Waals surface area (Å²) in [7, 11) is 0. The van der Waals surface area contributed by atoms with Crippen molar-refractivity contribution in [1.82, 2.24) is 10.2 Å². The second-order valence-corrected chi connectivity index (χ2v) is 7.48. The summed E-state index contributed by atoms with van der Waals surface area (Å²) in [4.78, 5) is 28.6. The highest BCUT2D eigenvalue weighted by atomic mass is 32.1. The van der Waals surface area contributed by atoms with Crippen molar-refractivity contribution >= 4 is 23.2 Å². The summed E-state index contributed by atoms with van der Waals surface area (Å²) < 4.78 is 0. The van der Waals surface area contributed by atoms with Crippen molar-refractivity contribution in [1.29, 1.82) is 0 Å². The van der Waals surface area contributed by atoms with Gasteiger partial charge in [-0.2, -0.15) is 0 Å². The van der Waals surface area contributed by atoms with Crippen LogP contribution in [0.25, 0.3) is 0 Å². The molecule has 0 radical (unpaired) electrons. The standard InChI is InChI=1S/C16H22N2O2S/c1-11-2-5-14(21-11)10-17-15(19)12-6-8-18(9-7-12)16(20)13-3-4-13/h2,5,12-13H,3-4,6-10H2,1H3,(H,17,19). The van der Waals surface area contributed by atoms with Gasteiger partial charge in [-0.15, -0.1) is 11.3 Å². The Morgan fingerprint density at radius 3 is 2.48 bits per heavy atom. The summed E-state index contributed by atoms with van der Waals surface area (Å²) in [5.74, 6) is 0.800. The zero-order chi connectivity index (χ0) is 14.8. The van der Waals surface area contributed by atoms with Crippen molar-refractivity contribution in [3.8, 4) is 0 Å². The van der Waals surface area contributed by atoms with Gasteiger partial charge in [-0.1, -0.05) is 0 Å². The molecule has 1 N–H and O–H groups in total. The van der Waals surface area contributed by atoms with E-state index in [1.165, 1.54) is 9.75 Å². The van der Waals surface area contributed by atoms with Crippen molar-refractivity contribution in [3.63, 3.8) is 0 Å². The van der Waals surface area contributed by atoms with Crippen LogP contribution in [0.15, 0.2) is 12.1 Å². The first-order chi connectivity index (χ1) is 10.1. The molecular formula is C16H22N2O2S. The SMILES string of the molecule is Cc1ccc(CNC(=O)C2CCN(C(=O)C3CC3)CC2)s1. The van der Waals surface area contributed by atoms with E-state index in [-0.39, 0.29) is 17.7 Å². The molecule has 4 nitrogen and oxygen atoms in total. The number of rotatable bonds is 4. The van der Waals surface area contributed by atoms with Gasteiger partial charge in [0.2, 0.25) is 11.8 Å². The number of carbonyl (C=O) groups is 2. The van der Waals surface area contributed by atoms with Gasteiger partial charge in [0.25, 0.3) is 0 Å². The molecule has 1 aromatic rings. The molecular weight excluding hydrogens is 284 g/mol. The molecule has 114 valence electrons. The number of amides is 2. The first kappa shape index (κ1) is 14.6. The molecule has 0 bridgehead atoms. The van der Waals surface area contributed by atoms with Crippen LogP contribution in [0.5, 0.6) is 0 Å². The van der Waals surface area contributed by atoms with Crippen LogP contribution < -0.4 is 5.32 Å². The molecule has 2 amide bonds. The van der Waals surface area contributed by atoms with E-state index in [2.05, 4.69) is 24.4 Å². The lowest BCUT2D eigenvalue weighted by molar-refractivity contribution is -0.136. The maximum absolute atomic E-state index is 12.2. The van der Waals surface area contributed by atoms with Gasteiger partial charge in [0.15, 0.2) is 0 Å². The van der Waals surface area contributed by atoms with Crippen LogP contribution in [0.1, 0.15) is 35.4 Å². The lowest BCUT2D eigenvalue weighted by Crippen LogP contribution is -2.43. The summed E-state index contributed by atoms with van der Waals surface area (Å²) >= 11 is 1.72. The largest absolute Gasteiger partial charge is 0.351 e. The molecule has 1 saturated carbocycles. The molecule has 1 aromatic heterocycles. The second-order valence-electron chi connectivity index (χ2n) is 6.10. The van der Waals surface area contributed by atoms with Crippen LogP contribution in [0, 0.1) is 18.8 Å². The average Bonchev–Trinajstić information content (AvgIpc) is 3.27. The minimum atomic E-state index is 0.0642. The van der Waals surface area contributed by atoms with Crippen LogP contribution in [0.3, 0.4) is 0 Å². The molecule has 5 heteroatoms. The lowest BCUT2D eigenvalue weighted by atomic mass is 9.95. The van der Waals surface area contributed by atoms with Crippen LogP contribution >= 0.6 is 11.3 Å². The quantitative estimate of drug-likeness (QED) is 0.928. The van der Waals surface area contributed by atoms with E-state index in [1.54, 1.807) is 11.3 Å². The van der Waals surface area contributed by atoms with Crippen LogP contribution in [0.4, 0.5) is 0 Å². The Balaban J connectivity index is 1.43. The summed E-state index contributed by atoms with van der Waals surface area (Å²) in [5.41, 5.74) is 0. The van der Waals surface area contributed by atoms with E-state index in [4.69, 9.17) is 0 Å². The summed E-state index contributed by atoms with van der Waals surface area (Å²) in [6.45, 7) is 4.18. The molecule has 2 heterocycles. The van der Waals surface area contributed by atoms with E-state index in [1.807, 2.05) is 4.90 Å². The third kappa shape index (κ3) is 3.64. The first-order valence-electron chi connectivity index (χ1n) is 7.75. The van der Waals surface area contributed by atoms with Crippen LogP contribution in [-0.2, 0) is 16.1 Å². The maximum Gasteiger partial charge on any atom is 0.225 e. The molecule has 2 fully saturated rings. The van der Waals surface area contributed by atoms with Crippen molar-refractivity contribution in [2.75, 3.05) is 13.1 Å².